The van der Waals surface area contributed by atoms with E-state index in [9.17, 15) is 19.8 Å². The predicted molar refractivity (Wildman–Crippen MR) is 219 cm³/mol. The molecule has 10 nitrogen and oxygen atoms in total. The molecular weight excluding hydrogens is 711 g/mol. The van der Waals surface area contributed by atoms with Crippen LogP contribution in [-0.2, 0) is 28.5 Å². The molecule has 0 bridgehead atoms. The fraction of sp³-hybridized carbons (Fsp3) is 0.609. The molecule has 2 aliphatic rings. The topological polar surface area (TPSA) is 124 Å². The Labute approximate surface area is 335 Å². The molecule has 56 heavy (non-hydrogen) atoms. The van der Waals surface area contributed by atoms with Gasteiger partial charge in [-0.05, 0) is 98.0 Å². The summed E-state index contributed by atoms with van der Waals surface area (Å²) in [5.41, 5.74) is -0.180. The van der Waals surface area contributed by atoms with Crippen molar-refractivity contribution in [3.63, 3.8) is 0 Å². The molecule has 13 atom stereocenters. The van der Waals surface area contributed by atoms with Crippen molar-refractivity contribution in [1.82, 2.24) is 4.90 Å². The number of aliphatic hydroxyl groups excluding tert-OH is 1. The third-order valence-electron chi connectivity index (χ3n) is 12.0. The van der Waals surface area contributed by atoms with Crippen LogP contribution in [0.5, 0.6) is 0 Å². The minimum absolute atomic E-state index is 0.0893. The van der Waals surface area contributed by atoms with Gasteiger partial charge in [-0.3, -0.25) is 4.79 Å². The number of hydrogen-bond acceptors (Lipinski definition) is 10. The van der Waals surface area contributed by atoms with Gasteiger partial charge in [-0.1, -0.05) is 93.1 Å². The van der Waals surface area contributed by atoms with Crippen molar-refractivity contribution in [1.29, 1.82) is 0 Å². The molecule has 2 aromatic rings. The van der Waals surface area contributed by atoms with Gasteiger partial charge in [-0.2, -0.15) is 0 Å². The molecule has 310 valence electrons. The highest BCUT2D eigenvalue weighted by molar-refractivity contribution is 5.89. The average Bonchev–Trinajstić information content (AvgIpc) is 3.16. The zero-order valence-corrected chi connectivity index (χ0v) is 35.4. The zero-order chi connectivity index (χ0) is 41.4. The molecule has 0 radical (unpaired) electrons. The van der Waals surface area contributed by atoms with Gasteiger partial charge in [-0.25, -0.2) is 4.79 Å². The monoisotopic (exact) mass is 777 g/mol. The van der Waals surface area contributed by atoms with Gasteiger partial charge in [0, 0.05) is 25.0 Å². The van der Waals surface area contributed by atoms with E-state index >= 15 is 0 Å². The summed E-state index contributed by atoms with van der Waals surface area (Å²) in [6.45, 7) is 15.2. The largest absolute Gasteiger partial charge is 0.459 e. The molecule has 2 aromatic carbocycles. The fourth-order valence-corrected chi connectivity index (χ4v) is 8.82. The maximum Gasteiger partial charge on any atom is 0.338 e. The number of likely N-dealkylation sites (N-methyl/N-ethyl adjacent to an activating group) is 1. The lowest BCUT2D eigenvalue weighted by Gasteiger charge is -2.48. The summed E-state index contributed by atoms with van der Waals surface area (Å²) in [5, 5.41) is 24.1. The van der Waals surface area contributed by atoms with Crippen LogP contribution in [0.1, 0.15) is 97.0 Å². The number of esters is 2. The summed E-state index contributed by atoms with van der Waals surface area (Å²) in [5.74, 6) is -3.40. The van der Waals surface area contributed by atoms with Gasteiger partial charge < -0.3 is 38.8 Å². The van der Waals surface area contributed by atoms with Gasteiger partial charge >= 0.3 is 11.9 Å². The lowest BCUT2D eigenvalue weighted by molar-refractivity contribution is -0.301. The second-order valence-electron chi connectivity index (χ2n) is 16.8. The number of nitrogens with zero attached hydrogens (tertiary/aromatic N) is 1. The van der Waals surface area contributed by atoms with E-state index < -0.39 is 71.6 Å². The maximum absolute atomic E-state index is 14.4. The average molecular weight is 778 g/mol. The first kappa shape index (κ1) is 45.3. The van der Waals surface area contributed by atoms with E-state index in [4.69, 9.17) is 23.7 Å². The van der Waals surface area contributed by atoms with Crippen molar-refractivity contribution < 1.29 is 43.5 Å². The molecular formula is C46H67NO9. The van der Waals surface area contributed by atoms with Crippen molar-refractivity contribution in [2.24, 2.45) is 23.7 Å². The molecule has 2 N–H and O–H groups in total. The highest BCUT2D eigenvalue weighted by atomic mass is 16.7. The summed E-state index contributed by atoms with van der Waals surface area (Å²) in [4.78, 5) is 30.2. The molecule has 10 heteroatoms. The van der Waals surface area contributed by atoms with E-state index in [0.717, 1.165) is 11.1 Å². The summed E-state index contributed by atoms with van der Waals surface area (Å²) in [6, 6.07) is 18.4. The number of rotatable bonds is 10. The first-order chi connectivity index (χ1) is 26.4. The number of methoxy groups -OCH3 is 1. The first-order valence-corrected chi connectivity index (χ1v) is 20.2. The number of cyclic esters (lactones) is 1. The van der Waals surface area contributed by atoms with Crippen molar-refractivity contribution >= 4 is 18.0 Å². The summed E-state index contributed by atoms with van der Waals surface area (Å²) in [7, 11) is 5.46. The minimum Gasteiger partial charge on any atom is -0.459 e. The van der Waals surface area contributed by atoms with Crippen molar-refractivity contribution in [2.75, 3.05) is 21.2 Å². The van der Waals surface area contributed by atoms with Gasteiger partial charge in [0.2, 0.25) is 0 Å². The first-order valence-electron chi connectivity index (χ1n) is 20.2. The Hall–Kier alpha value is -3.38. The van der Waals surface area contributed by atoms with E-state index in [1.807, 2.05) is 96.1 Å². The van der Waals surface area contributed by atoms with Crippen LogP contribution in [0.15, 0.2) is 78.4 Å². The predicted octanol–water partition coefficient (Wildman–Crippen LogP) is 7.48. The molecule has 0 aromatic heterocycles. The fourth-order valence-electron chi connectivity index (χ4n) is 8.82. The normalized spacial score (nSPS) is 37.4. The lowest BCUT2D eigenvalue weighted by atomic mass is 9.74. The third kappa shape index (κ3) is 11.0. The Morgan fingerprint density at radius 3 is 2.23 bits per heavy atom. The molecule has 0 aliphatic carbocycles. The van der Waals surface area contributed by atoms with Gasteiger partial charge in [0.1, 0.15) is 23.9 Å². The van der Waals surface area contributed by atoms with Crippen LogP contribution >= 0.6 is 0 Å². The molecule has 2 heterocycles. The van der Waals surface area contributed by atoms with E-state index in [-0.39, 0.29) is 18.1 Å². The highest BCUT2D eigenvalue weighted by Gasteiger charge is 2.51. The van der Waals surface area contributed by atoms with Crippen LogP contribution in [0.3, 0.4) is 0 Å². The number of carbonyl (C=O) groups excluding carboxylic acids is 2. The van der Waals surface area contributed by atoms with Gasteiger partial charge in [0.25, 0.3) is 0 Å². The van der Waals surface area contributed by atoms with Crippen molar-refractivity contribution in [3.8, 4) is 0 Å². The molecule has 2 aliphatic heterocycles. The molecule has 0 spiro atoms. The molecule has 0 unspecified atom stereocenters. The number of hydrogen-bond donors (Lipinski definition) is 2. The second-order valence-corrected chi connectivity index (χ2v) is 16.8. The van der Waals surface area contributed by atoms with Crippen LogP contribution in [0.4, 0.5) is 0 Å². The third-order valence-corrected chi connectivity index (χ3v) is 12.0. The molecule has 0 amide bonds. The van der Waals surface area contributed by atoms with Crippen LogP contribution in [0.25, 0.3) is 6.08 Å². The van der Waals surface area contributed by atoms with Crippen LogP contribution in [0, 0.1) is 23.7 Å². The molecule has 1 saturated heterocycles. The highest BCUT2D eigenvalue weighted by Crippen LogP contribution is 2.41. The van der Waals surface area contributed by atoms with Crippen LogP contribution in [-0.4, -0.2) is 102 Å². The summed E-state index contributed by atoms with van der Waals surface area (Å²) in [6.07, 6.45) is 3.12. The van der Waals surface area contributed by atoms with Crippen LogP contribution in [0.2, 0.25) is 0 Å². The molecule has 4 rings (SSSR count). The van der Waals surface area contributed by atoms with Gasteiger partial charge in [-0.15, -0.1) is 0 Å². The SMILES string of the molecule is CC[C@H]1OC(=O)[C@H](C)[C@H](OC(=O)c2ccccc2)[C@@H](C)[C@@H](O[C@@H]2O[C@H](C)C[C@H](N(C)C)[C@H]2O)[C@](C)(OC)C[C@@H](C)/C=C(/C)[C@H](C/C=C/c2ccccc2)[C@]1(C)O. The minimum atomic E-state index is -1.46. The number of aliphatic hydroxyl groups is 2. The number of allylic oxidation sites excluding steroid dienone is 2. The molecule has 1 fully saturated rings. The number of ether oxygens (including phenoxy) is 5. The van der Waals surface area contributed by atoms with E-state index in [1.54, 1.807) is 45.2 Å². The van der Waals surface area contributed by atoms with E-state index in [0.29, 0.717) is 31.2 Å². The number of carbonyl (C=O) groups is 2. The lowest BCUT2D eigenvalue weighted by Crippen LogP contribution is -2.59. The van der Waals surface area contributed by atoms with Crippen molar-refractivity contribution in [3.05, 3.63) is 89.5 Å². The van der Waals surface area contributed by atoms with Gasteiger partial charge in [0.15, 0.2) is 6.29 Å². The van der Waals surface area contributed by atoms with Crippen LogP contribution < -0.4 is 0 Å². The molecule has 0 saturated carbocycles. The van der Waals surface area contributed by atoms with E-state index in [1.165, 1.54) is 0 Å². The second kappa shape index (κ2) is 19.9. The Morgan fingerprint density at radius 2 is 1.64 bits per heavy atom. The summed E-state index contributed by atoms with van der Waals surface area (Å²) >= 11 is 0. The maximum atomic E-state index is 14.4. The Bertz CT molecular complexity index is 1610. The Kier molecular flexibility index (Phi) is 16.1. The Morgan fingerprint density at radius 1 is 1.02 bits per heavy atom. The smallest absolute Gasteiger partial charge is 0.338 e. The van der Waals surface area contributed by atoms with Crippen molar-refractivity contribution in [2.45, 2.75) is 135 Å². The summed E-state index contributed by atoms with van der Waals surface area (Å²) < 4.78 is 32.2. The van der Waals surface area contributed by atoms with E-state index in [2.05, 4.69) is 19.1 Å². The quantitative estimate of drug-likeness (QED) is 0.186. The standard InChI is InChI=1S/C46H67NO9/c1-12-38-46(8,51)36(25-19-22-34-20-15-13-16-21-34)30(3)26-29(2)28-45(7,52-11)41(56-44-39(48)37(47(9)10)27-31(4)53-44)32(5)40(33(6)42(49)54-38)55-43(50)35-23-17-14-18-24-35/h13-24,26,29,31-33,36-41,44,48,51H,12,25,27-28H2,1-11H3/b22-19+,30-26-/t29-,31+,32+,33+,36-,37-,38+,39+,40+,41+,44-,45+,46-/m0/s1. The van der Waals surface area contributed by atoms with Gasteiger partial charge in [0.05, 0.1) is 29.3 Å². The Balaban J connectivity index is 1.86. The number of benzene rings is 2. The zero-order valence-electron chi connectivity index (χ0n) is 35.4.